The summed E-state index contributed by atoms with van der Waals surface area (Å²) in [7, 11) is 0. The second kappa shape index (κ2) is 56.2. The van der Waals surface area contributed by atoms with Crippen LogP contribution in [-0.2, 0) is 28.6 Å². The summed E-state index contributed by atoms with van der Waals surface area (Å²) in [6.07, 6.45) is 73.0. The molecule has 0 spiro atoms. The normalized spacial score (nSPS) is 12.7. The number of esters is 3. The van der Waals surface area contributed by atoms with Crippen molar-refractivity contribution in [2.45, 2.75) is 277 Å². The van der Waals surface area contributed by atoms with Gasteiger partial charge in [-0.1, -0.05) is 279 Å². The average Bonchev–Trinajstić information content (AvgIpc) is 3.34. The molecule has 0 aromatic rings. The third-order valence-corrected chi connectivity index (χ3v) is 12.2. The van der Waals surface area contributed by atoms with Crippen LogP contribution in [-0.4, -0.2) is 37.2 Å². The first kappa shape index (κ1) is 64.6. The van der Waals surface area contributed by atoms with Crippen LogP contribution < -0.4 is 0 Å². The van der Waals surface area contributed by atoms with E-state index in [0.29, 0.717) is 19.3 Å². The molecule has 0 fully saturated rings. The Morgan fingerprint density at radius 2 is 0.647 bits per heavy atom. The molecule has 0 aliphatic rings. The van der Waals surface area contributed by atoms with Crippen LogP contribution in [0.4, 0.5) is 0 Å². The zero-order valence-corrected chi connectivity index (χ0v) is 44.6. The molecule has 0 bridgehead atoms. The van der Waals surface area contributed by atoms with Gasteiger partial charge in [0.25, 0.3) is 0 Å². The van der Waals surface area contributed by atoms with E-state index in [0.717, 1.165) is 77.0 Å². The molecular weight excluding hydrogens is 841 g/mol. The molecule has 0 aromatic heterocycles. The molecule has 0 rings (SSSR count). The van der Waals surface area contributed by atoms with Gasteiger partial charge >= 0.3 is 17.9 Å². The van der Waals surface area contributed by atoms with E-state index in [4.69, 9.17) is 14.2 Å². The Hall–Kier alpha value is -3.41. The van der Waals surface area contributed by atoms with Crippen LogP contribution >= 0.6 is 0 Å². The monoisotopic (exact) mass is 947 g/mol. The van der Waals surface area contributed by atoms with Crippen molar-refractivity contribution in [2.24, 2.45) is 0 Å². The standard InChI is InChI=1S/C62H106O6/c1-4-7-10-13-16-19-22-25-27-29-31-33-34-37-40-43-46-49-52-55-61(64)67-58-59(57-66-60(63)54-51-48-45-42-39-36-24-21-18-15-12-9-6-3)68-62(65)56-53-50-47-44-41-38-35-32-30-28-26-23-20-17-14-11-8-5-2/h11,14,17,20,23,26,28,30,32,35-36,39,45,48,59H,4-10,12-13,15-16,18-19,21-22,24-25,27,29,31,33-34,37-38,40-44,46-47,49-58H2,1-3H3/b14-11-,20-17-,26-23-,30-28-,35-32-,39-36-,48-45-. The van der Waals surface area contributed by atoms with E-state index in [9.17, 15) is 14.4 Å². The van der Waals surface area contributed by atoms with Gasteiger partial charge in [-0.05, 0) is 57.8 Å². The number of ether oxygens (including phenoxy) is 3. The Morgan fingerprint density at radius 3 is 1.09 bits per heavy atom. The molecular formula is C62H106O6. The van der Waals surface area contributed by atoms with E-state index in [1.165, 1.54) is 148 Å². The van der Waals surface area contributed by atoms with Crippen molar-refractivity contribution in [3.05, 3.63) is 85.1 Å². The third kappa shape index (κ3) is 53.5. The fourth-order valence-corrected chi connectivity index (χ4v) is 7.94. The van der Waals surface area contributed by atoms with Gasteiger partial charge in [-0.2, -0.15) is 0 Å². The number of carbonyl (C=O) groups excluding carboxylic acids is 3. The molecule has 0 saturated heterocycles. The smallest absolute Gasteiger partial charge is 0.306 e. The molecule has 0 amide bonds. The summed E-state index contributed by atoms with van der Waals surface area (Å²) >= 11 is 0. The van der Waals surface area contributed by atoms with E-state index >= 15 is 0 Å². The number of carbonyl (C=O) groups is 3. The molecule has 68 heavy (non-hydrogen) atoms. The van der Waals surface area contributed by atoms with Crippen molar-refractivity contribution >= 4 is 17.9 Å². The largest absolute Gasteiger partial charge is 0.462 e. The van der Waals surface area contributed by atoms with E-state index < -0.39 is 6.10 Å². The van der Waals surface area contributed by atoms with Gasteiger partial charge in [0.15, 0.2) is 6.10 Å². The lowest BCUT2D eigenvalue weighted by Gasteiger charge is -2.18. The van der Waals surface area contributed by atoms with Gasteiger partial charge in [0.05, 0.1) is 0 Å². The molecule has 0 N–H and O–H groups in total. The van der Waals surface area contributed by atoms with E-state index in [-0.39, 0.29) is 37.5 Å². The maximum Gasteiger partial charge on any atom is 0.306 e. The number of hydrogen-bond donors (Lipinski definition) is 0. The van der Waals surface area contributed by atoms with Crippen molar-refractivity contribution < 1.29 is 28.6 Å². The van der Waals surface area contributed by atoms with Gasteiger partial charge in [-0.3, -0.25) is 14.4 Å². The van der Waals surface area contributed by atoms with Crippen LogP contribution in [0, 0.1) is 0 Å². The third-order valence-electron chi connectivity index (χ3n) is 12.2. The maximum absolute atomic E-state index is 12.8. The SMILES string of the molecule is CCC\C=C/C=C\C=C/C=C\C=C/CCCCCCCC(=O)OC(COC(=O)CC/C=C\C/C=C\CCCCCCCC)COC(=O)CCCCCCCCCCCCCCCCCCCCC. The molecule has 0 aliphatic carbocycles. The quantitative estimate of drug-likeness (QED) is 0.0199. The van der Waals surface area contributed by atoms with Crippen LogP contribution in [0.1, 0.15) is 271 Å². The number of allylic oxidation sites excluding steroid dienone is 14. The molecule has 0 saturated carbocycles. The zero-order chi connectivity index (χ0) is 49.3. The summed E-state index contributed by atoms with van der Waals surface area (Å²) in [6.45, 7) is 6.49. The van der Waals surface area contributed by atoms with Gasteiger partial charge in [0, 0.05) is 19.3 Å². The van der Waals surface area contributed by atoms with Crippen LogP contribution in [0.5, 0.6) is 0 Å². The highest BCUT2D eigenvalue weighted by Crippen LogP contribution is 2.16. The van der Waals surface area contributed by atoms with E-state index in [2.05, 4.69) is 75.5 Å². The highest BCUT2D eigenvalue weighted by atomic mass is 16.6. The molecule has 6 nitrogen and oxygen atoms in total. The Bertz CT molecular complexity index is 1320. The van der Waals surface area contributed by atoms with Gasteiger partial charge in [-0.25, -0.2) is 0 Å². The number of hydrogen-bond acceptors (Lipinski definition) is 6. The van der Waals surface area contributed by atoms with Gasteiger partial charge in [-0.15, -0.1) is 0 Å². The molecule has 1 unspecified atom stereocenters. The molecule has 0 radical (unpaired) electrons. The summed E-state index contributed by atoms with van der Waals surface area (Å²) in [6, 6.07) is 0. The predicted octanol–water partition coefficient (Wildman–Crippen LogP) is 19.2. The molecule has 1 atom stereocenters. The first-order valence-corrected chi connectivity index (χ1v) is 28.7. The number of unbranched alkanes of at least 4 members (excludes halogenated alkanes) is 30. The minimum absolute atomic E-state index is 0.102. The van der Waals surface area contributed by atoms with Crippen molar-refractivity contribution in [1.29, 1.82) is 0 Å². The second-order valence-corrected chi connectivity index (χ2v) is 19.0. The van der Waals surface area contributed by atoms with E-state index in [1.54, 1.807) is 0 Å². The lowest BCUT2D eigenvalue weighted by atomic mass is 10.0. The van der Waals surface area contributed by atoms with Crippen molar-refractivity contribution in [3.8, 4) is 0 Å². The van der Waals surface area contributed by atoms with Gasteiger partial charge < -0.3 is 14.2 Å². The van der Waals surface area contributed by atoms with Crippen molar-refractivity contribution in [3.63, 3.8) is 0 Å². The topological polar surface area (TPSA) is 78.9 Å². The van der Waals surface area contributed by atoms with Crippen molar-refractivity contribution in [2.75, 3.05) is 13.2 Å². The van der Waals surface area contributed by atoms with Crippen LogP contribution in [0.15, 0.2) is 85.1 Å². The minimum Gasteiger partial charge on any atom is -0.462 e. The molecule has 0 aliphatic heterocycles. The molecule has 0 heterocycles. The molecule has 0 aromatic carbocycles. The summed E-state index contributed by atoms with van der Waals surface area (Å²) in [5, 5.41) is 0. The fourth-order valence-electron chi connectivity index (χ4n) is 7.94. The Labute approximate surface area is 420 Å². The van der Waals surface area contributed by atoms with Gasteiger partial charge in [0.1, 0.15) is 13.2 Å². The van der Waals surface area contributed by atoms with Crippen LogP contribution in [0.25, 0.3) is 0 Å². The summed E-state index contributed by atoms with van der Waals surface area (Å²) in [5.41, 5.74) is 0. The first-order valence-electron chi connectivity index (χ1n) is 28.7. The Balaban J connectivity index is 4.45. The lowest BCUT2D eigenvalue weighted by Crippen LogP contribution is -2.30. The average molecular weight is 948 g/mol. The first-order chi connectivity index (χ1) is 33.5. The second-order valence-electron chi connectivity index (χ2n) is 19.0. The van der Waals surface area contributed by atoms with Crippen LogP contribution in [0.3, 0.4) is 0 Å². The minimum atomic E-state index is -0.812. The summed E-state index contributed by atoms with van der Waals surface area (Å²) in [5.74, 6) is -0.992. The predicted molar refractivity (Wildman–Crippen MR) is 293 cm³/mol. The Kier molecular flexibility index (Phi) is 53.4. The summed E-state index contributed by atoms with van der Waals surface area (Å²) in [4.78, 5) is 38.1. The zero-order valence-electron chi connectivity index (χ0n) is 44.6. The Morgan fingerprint density at radius 1 is 0.309 bits per heavy atom. The fraction of sp³-hybridized carbons (Fsp3) is 0.726. The highest BCUT2D eigenvalue weighted by Gasteiger charge is 2.19. The van der Waals surface area contributed by atoms with Gasteiger partial charge in [0.2, 0.25) is 0 Å². The van der Waals surface area contributed by atoms with Crippen LogP contribution in [0.2, 0.25) is 0 Å². The summed E-state index contributed by atoms with van der Waals surface area (Å²) < 4.78 is 16.8. The van der Waals surface area contributed by atoms with E-state index in [1.807, 2.05) is 30.4 Å². The maximum atomic E-state index is 12.8. The molecule has 390 valence electrons. The lowest BCUT2D eigenvalue weighted by molar-refractivity contribution is -0.166. The van der Waals surface area contributed by atoms with Crippen molar-refractivity contribution in [1.82, 2.24) is 0 Å². The highest BCUT2D eigenvalue weighted by molar-refractivity contribution is 5.71. The molecule has 6 heteroatoms. The number of rotatable bonds is 51.